The van der Waals surface area contributed by atoms with Crippen LogP contribution in [0.4, 0.5) is 0 Å². The molecule has 0 aromatic carbocycles. The second-order valence-corrected chi connectivity index (χ2v) is 5.71. The van der Waals surface area contributed by atoms with Crippen molar-refractivity contribution in [3.05, 3.63) is 0 Å². The lowest BCUT2D eigenvalue weighted by Crippen LogP contribution is -2.49. The average Bonchev–Trinajstić information content (AvgIpc) is 2.91. The predicted molar refractivity (Wildman–Crippen MR) is 63.0 cm³/mol. The minimum absolute atomic E-state index is 0.812. The molecule has 0 spiro atoms. The van der Waals surface area contributed by atoms with Crippen molar-refractivity contribution >= 4 is 0 Å². The van der Waals surface area contributed by atoms with E-state index in [0.29, 0.717) is 0 Å². The van der Waals surface area contributed by atoms with Crippen LogP contribution in [-0.2, 0) is 0 Å². The zero-order chi connectivity index (χ0) is 10.1. The van der Waals surface area contributed by atoms with Gasteiger partial charge >= 0.3 is 0 Å². The van der Waals surface area contributed by atoms with Crippen LogP contribution in [0.25, 0.3) is 0 Å². The van der Waals surface area contributed by atoms with Crippen LogP contribution in [0.1, 0.15) is 51.4 Å². The molecule has 0 amide bonds. The molecule has 1 atom stereocenters. The monoisotopic (exact) mass is 208 g/mol. The maximum atomic E-state index is 3.80. The normalized spacial score (nSPS) is 34.8. The van der Waals surface area contributed by atoms with Crippen molar-refractivity contribution in [3.8, 4) is 0 Å². The quantitative estimate of drug-likeness (QED) is 0.764. The Balaban J connectivity index is 1.50. The van der Waals surface area contributed by atoms with Gasteiger partial charge in [-0.05, 0) is 45.1 Å². The van der Waals surface area contributed by atoms with Crippen molar-refractivity contribution in [1.29, 1.82) is 0 Å². The summed E-state index contributed by atoms with van der Waals surface area (Å²) in [5, 5.41) is 3.80. The molecule has 3 rings (SSSR count). The lowest BCUT2D eigenvalue weighted by molar-refractivity contribution is 0.138. The Morgan fingerprint density at radius 1 is 0.800 bits per heavy atom. The van der Waals surface area contributed by atoms with Crippen molar-refractivity contribution in [2.24, 2.45) is 0 Å². The van der Waals surface area contributed by atoms with Gasteiger partial charge < -0.3 is 5.32 Å². The lowest BCUT2D eigenvalue weighted by atomic mass is 10.0. The number of nitrogens with zero attached hydrogens (tertiary/aromatic N) is 1. The van der Waals surface area contributed by atoms with E-state index < -0.39 is 0 Å². The molecular formula is C13H24N2. The number of hydrogen-bond donors (Lipinski definition) is 1. The van der Waals surface area contributed by atoms with Crippen LogP contribution >= 0.6 is 0 Å². The Hall–Kier alpha value is -0.0800. The Labute approximate surface area is 93.4 Å². The zero-order valence-electron chi connectivity index (χ0n) is 9.75. The summed E-state index contributed by atoms with van der Waals surface area (Å²) in [4.78, 5) is 2.77. The molecule has 0 bridgehead atoms. The van der Waals surface area contributed by atoms with Crippen molar-refractivity contribution in [1.82, 2.24) is 10.2 Å². The maximum Gasteiger partial charge on any atom is 0.0198 e. The molecule has 2 heteroatoms. The first-order valence-corrected chi connectivity index (χ1v) is 6.92. The summed E-state index contributed by atoms with van der Waals surface area (Å²) in [6.45, 7) is 2.70. The van der Waals surface area contributed by atoms with E-state index in [0.717, 1.165) is 18.1 Å². The molecule has 1 aliphatic heterocycles. The van der Waals surface area contributed by atoms with E-state index in [-0.39, 0.29) is 0 Å². The van der Waals surface area contributed by atoms with Gasteiger partial charge in [0.05, 0.1) is 0 Å². The van der Waals surface area contributed by atoms with Crippen molar-refractivity contribution in [2.45, 2.75) is 69.5 Å². The van der Waals surface area contributed by atoms with Crippen LogP contribution in [0.5, 0.6) is 0 Å². The van der Waals surface area contributed by atoms with Gasteiger partial charge in [-0.1, -0.05) is 12.8 Å². The second kappa shape index (κ2) is 4.42. The molecule has 2 nitrogen and oxygen atoms in total. The van der Waals surface area contributed by atoms with Crippen LogP contribution in [-0.4, -0.2) is 36.1 Å². The number of nitrogens with one attached hydrogen (secondary N) is 1. The minimum Gasteiger partial charge on any atom is -0.310 e. The summed E-state index contributed by atoms with van der Waals surface area (Å²) in [6.07, 6.45) is 11.6. The molecule has 3 aliphatic rings. The van der Waals surface area contributed by atoms with Crippen LogP contribution in [0.2, 0.25) is 0 Å². The fourth-order valence-corrected chi connectivity index (χ4v) is 3.33. The van der Waals surface area contributed by atoms with E-state index in [4.69, 9.17) is 0 Å². The number of hydrogen-bond acceptors (Lipinski definition) is 2. The first-order valence-electron chi connectivity index (χ1n) is 6.92. The Morgan fingerprint density at radius 2 is 1.60 bits per heavy atom. The van der Waals surface area contributed by atoms with Gasteiger partial charge in [-0.2, -0.15) is 0 Å². The number of rotatable bonds is 3. The molecule has 0 aromatic heterocycles. The fraction of sp³-hybridized carbons (Fsp3) is 1.00. The van der Waals surface area contributed by atoms with E-state index in [1.807, 2.05) is 0 Å². The Bertz CT molecular complexity index is 207. The van der Waals surface area contributed by atoms with E-state index in [1.165, 1.54) is 64.5 Å². The van der Waals surface area contributed by atoms with E-state index in [2.05, 4.69) is 10.2 Å². The fourth-order valence-electron chi connectivity index (χ4n) is 3.33. The largest absolute Gasteiger partial charge is 0.310 e. The van der Waals surface area contributed by atoms with Crippen molar-refractivity contribution in [2.75, 3.05) is 13.1 Å². The summed E-state index contributed by atoms with van der Waals surface area (Å²) in [5.41, 5.74) is 0. The van der Waals surface area contributed by atoms with Crippen LogP contribution in [0, 0.1) is 0 Å². The van der Waals surface area contributed by atoms with Crippen molar-refractivity contribution < 1.29 is 0 Å². The third-order valence-corrected chi connectivity index (χ3v) is 4.34. The highest BCUT2D eigenvalue weighted by atomic mass is 15.2. The molecule has 3 fully saturated rings. The third-order valence-electron chi connectivity index (χ3n) is 4.34. The van der Waals surface area contributed by atoms with E-state index in [1.54, 1.807) is 0 Å². The molecule has 15 heavy (non-hydrogen) atoms. The molecule has 1 N–H and O–H groups in total. The van der Waals surface area contributed by atoms with Gasteiger partial charge in [0.1, 0.15) is 0 Å². The summed E-state index contributed by atoms with van der Waals surface area (Å²) in [6, 6.07) is 2.64. The summed E-state index contributed by atoms with van der Waals surface area (Å²) in [7, 11) is 0. The minimum atomic E-state index is 0.812. The molecule has 2 aliphatic carbocycles. The third kappa shape index (κ3) is 2.54. The molecule has 1 heterocycles. The predicted octanol–water partition coefficient (Wildman–Crippen LogP) is 2.15. The molecule has 1 saturated heterocycles. The topological polar surface area (TPSA) is 15.3 Å². The smallest absolute Gasteiger partial charge is 0.0198 e. The van der Waals surface area contributed by atoms with Crippen LogP contribution < -0.4 is 5.32 Å². The van der Waals surface area contributed by atoms with E-state index >= 15 is 0 Å². The molecular weight excluding hydrogens is 184 g/mol. The van der Waals surface area contributed by atoms with Gasteiger partial charge in [0.15, 0.2) is 0 Å². The maximum absolute atomic E-state index is 3.80. The highest BCUT2D eigenvalue weighted by Gasteiger charge is 2.30. The SMILES string of the molecule is C1CCC(N2CCCC(NC3CC3)C2)C1. The summed E-state index contributed by atoms with van der Waals surface area (Å²) in [5.74, 6) is 0. The van der Waals surface area contributed by atoms with Gasteiger partial charge in [0.2, 0.25) is 0 Å². The molecule has 0 radical (unpaired) electrons. The summed E-state index contributed by atoms with van der Waals surface area (Å²) < 4.78 is 0. The number of likely N-dealkylation sites (tertiary alicyclic amines) is 1. The number of piperidine rings is 1. The molecule has 86 valence electrons. The van der Waals surface area contributed by atoms with Gasteiger partial charge in [-0.3, -0.25) is 4.90 Å². The van der Waals surface area contributed by atoms with Crippen LogP contribution in [0.3, 0.4) is 0 Å². The second-order valence-electron chi connectivity index (χ2n) is 5.71. The standard InChI is InChI=1S/C13H24N2/c1-2-6-13(5-1)15-9-3-4-12(10-15)14-11-7-8-11/h11-14H,1-10H2. The lowest BCUT2D eigenvalue weighted by Gasteiger charge is -2.37. The van der Waals surface area contributed by atoms with Crippen molar-refractivity contribution in [3.63, 3.8) is 0 Å². The molecule has 1 unspecified atom stereocenters. The van der Waals surface area contributed by atoms with Gasteiger partial charge in [-0.25, -0.2) is 0 Å². The molecule has 2 saturated carbocycles. The zero-order valence-corrected chi connectivity index (χ0v) is 9.75. The Kier molecular flexibility index (Phi) is 2.98. The average molecular weight is 208 g/mol. The van der Waals surface area contributed by atoms with Crippen LogP contribution in [0.15, 0.2) is 0 Å². The highest BCUT2D eigenvalue weighted by molar-refractivity contribution is 4.90. The van der Waals surface area contributed by atoms with Gasteiger partial charge in [-0.15, -0.1) is 0 Å². The van der Waals surface area contributed by atoms with Gasteiger partial charge in [0.25, 0.3) is 0 Å². The molecule has 0 aromatic rings. The summed E-state index contributed by atoms with van der Waals surface area (Å²) >= 11 is 0. The van der Waals surface area contributed by atoms with Gasteiger partial charge in [0, 0.05) is 24.7 Å². The first kappa shape index (κ1) is 10.1. The highest BCUT2D eigenvalue weighted by Crippen LogP contribution is 2.27. The first-order chi connectivity index (χ1) is 7.42. The van der Waals surface area contributed by atoms with E-state index in [9.17, 15) is 0 Å². The Morgan fingerprint density at radius 3 is 2.33 bits per heavy atom.